The van der Waals surface area contributed by atoms with Crippen molar-refractivity contribution in [3.63, 3.8) is 0 Å². The minimum Gasteiger partial charge on any atom is -0.382 e. The number of aryl methyl sites for hydroxylation is 1. The first kappa shape index (κ1) is 14.4. The number of anilines is 1. The molecule has 0 spiro atoms. The maximum atomic E-state index is 11.8. The van der Waals surface area contributed by atoms with Gasteiger partial charge in [0.25, 0.3) is 5.56 Å². The molecule has 0 aliphatic heterocycles. The molecule has 1 rings (SSSR count). The summed E-state index contributed by atoms with van der Waals surface area (Å²) in [7, 11) is 0. The molecule has 0 aromatic carbocycles. The van der Waals surface area contributed by atoms with Gasteiger partial charge >= 0.3 is 0 Å². The Kier molecular flexibility index (Phi) is 6.44. The van der Waals surface area contributed by atoms with Crippen LogP contribution < -0.4 is 10.9 Å². The van der Waals surface area contributed by atoms with Crippen LogP contribution in [0.15, 0.2) is 11.0 Å². The van der Waals surface area contributed by atoms with E-state index in [2.05, 4.69) is 16.7 Å². The van der Waals surface area contributed by atoms with Gasteiger partial charge < -0.3 is 5.32 Å². The average Bonchev–Trinajstić information content (AvgIpc) is 2.33. The summed E-state index contributed by atoms with van der Waals surface area (Å²) in [5.74, 6) is 1.09. The molecule has 0 fully saturated rings. The molecule has 0 radical (unpaired) electrons. The molecule has 0 aliphatic rings. The molecule has 0 unspecified atom stereocenters. The van der Waals surface area contributed by atoms with Crippen LogP contribution in [-0.2, 0) is 6.54 Å². The fourth-order valence-electron chi connectivity index (χ4n) is 1.40. The van der Waals surface area contributed by atoms with Crippen molar-refractivity contribution in [3.05, 3.63) is 21.6 Å². The van der Waals surface area contributed by atoms with Gasteiger partial charge in [-0.3, -0.25) is 4.79 Å². The summed E-state index contributed by atoms with van der Waals surface area (Å²) >= 11 is 7.80. The van der Waals surface area contributed by atoms with Crippen molar-refractivity contribution in [2.24, 2.45) is 0 Å². The van der Waals surface area contributed by atoms with Crippen LogP contribution in [0.3, 0.4) is 0 Å². The number of halogens is 1. The summed E-state index contributed by atoms with van der Waals surface area (Å²) in [6, 6.07) is 0. The zero-order chi connectivity index (χ0) is 12.7. The Labute approximate surface area is 111 Å². The first-order valence-electron chi connectivity index (χ1n) is 5.69. The number of aromatic nitrogens is 2. The molecule has 96 valence electrons. The normalized spacial score (nSPS) is 10.5. The topological polar surface area (TPSA) is 46.9 Å². The SMILES string of the molecule is CCCn1ncc(NCCCSC)c(Cl)c1=O. The second kappa shape index (κ2) is 7.61. The van der Waals surface area contributed by atoms with Crippen molar-refractivity contribution in [1.29, 1.82) is 0 Å². The largest absolute Gasteiger partial charge is 0.382 e. The predicted molar refractivity (Wildman–Crippen MR) is 75.3 cm³/mol. The van der Waals surface area contributed by atoms with Crippen LogP contribution >= 0.6 is 23.4 Å². The Bertz CT molecular complexity index is 408. The van der Waals surface area contributed by atoms with Crippen LogP contribution in [0, 0.1) is 0 Å². The summed E-state index contributed by atoms with van der Waals surface area (Å²) in [4.78, 5) is 11.8. The molecular formula is C11H18ClN3OS. The molecule has 17 heavy (non-hydrogen) atoms. The lowest BCUT2D eigenvalue weighted by Gasteiger charge is -2.09. The van der Waals surface area contributed by atoms with Crippen molar-refractivity contribution in [1.82, 2.24) is 9.78 Å². The standard InChI is InChI=1S/C11H18ClN3OS/c1-3-6-15-11(16)10(12)9(8-14-15)13-5-4-7-17-2/h8,13H,3-7H2,1-2H3. The maximum absolute atomic E-state index is 11.8. The van der Waals surface area contributed by atoms with Crippen LogP contribution in [0.1, 0.15) is 19.8 Å². The van der Waals surface area contributed by atoms with Gasteiger partial charge in [0.05, 0.1) is 11.9 Å². The van der Waals surface area contributed by atoms with E-state index in [9.17, 15) is 4.79 Å². The minimum atomic E-state index is -0.219. The molecule has 0 amide bonds. The van der Waals surface area contributed by atoms with Crippen LogP contribution in [0.2, 0.25) is 5.02 Å². The molecule has 0 saturated heterocycles. The number of hydrogen-bond donors (Lipinski definition) is 1. The fraction of sp³-hybridized carbons (Fsp3) is 0.636. The van der Waals surface area contributed by atoms with E-state index in [1.54, 1.807) is 18.0 Å². The molecule has 4 nitrogen and oxygen atoms in total. The van der Waals surface area contributed by atoms with E-state index in [0.717, 1.165) is 25.1 Å². The van der Waals surface area contributed by atoms with Gasteiger partial charge in [-0.15, -0.1) is 0 Å². The molecule has 0 bridgehead atoms. The summed E-state index contributed by atoms with van der Waals surface area (Å²) in [5.41, 5.74) is 0.411. The second-order valence-corrected chi connectivity index (χ2v) is 5.04. The highest BCUT2D eigenvalue weighted by Gasteiger charge is 2.07. The number of nitrogens with one attached hydrogen (secondary N) is 1. The Hall–Kier alpha value is -0.680. The summed E-state index contributed by atoms with van der Waals surface area (Å²) < 4.78 is 1.40. The Morgan fingerprint density at radius 1 is 1.59 bits per heavy atom. The lowest BCUT2D eigenvalue weighted by atomic mass is 10.4. The minimum absolute atomic E-state index is 0.219. The molecule has 1 heterocycles. The highest BCUT2D eigenvalue weighted by Crippen LogP contribution is 2.15. The van der Waals surface area contributed by atoms with Gasteiger partial charge in [-0.2, -0.15) is 16.9 Å². The molecule has 1 N–H and O–H groups in total. The third kappa shape index (κ3) is 4.24. The third-order valence-corrected chi connectivity index (χ3v) is 3.32. The van der Waals surface area contributed by atoms with Crippen LogP contribution in [0.5, 0.6) is 0 Å². The van der Waals surface area contributed by atoms with Gasteiger partial charge in [0.2, 0.25) is 0 Å². The third-order valence-electron chi connectivity index (χ3n) is 2.26. The number of hydrogen-bond acceptors (Lipinski definition) is 4. The quantitative estimate of drug-likeness (QED) is 0.777. The first-order chi connectivity index (χ1) is 8.20. The van der Waals surface area contributed by atoms with Crippen molar-refractivity contribution in [3.8, 4) is 0 Å². The highest BCUT2D eigenvalue weighted by molar-refractivity contribution is 7.98. The monoisotopic (exact) mass is 275 g/mol. The Balaban J connectivity index is 2.68. The lowest BCUT2D eigenvalue weighted by molar-refractivity contribution is 0.568. The van der Waals surface area contributed by atoms with Crippen LogP contribution in [-0.4, -0.2) is 28.3 Å². The van der Waals surface area contributed by atoms with Crippen LogP contribution in [0.4, 0.5) is 5.69 Å². The van der Waals surface area contributed by atoms with Crippen molar-refractivity contribution >= 4 is 29.1 Å². The maximum Gasteiger partial charge on any atom is 0.287 e. The molecule has 0 aliphatic carbocycles. The smallest absolute Gasteiger partial charge is 0.287 e. The van der Waals surface area contributed by atoms with E-state index < -0.39 is 0 Å². The van der Waals surface area contributed by atoms with E-state index in [-0.39, 0.29) is 10.6 Å². The zero-order valence-corrected chi connectivity index (χ0v) is 11.8. The molecule has 0 saturated carbocycles. The van der Waals surface area contributed by atoms with Gasteiger partial charge in [0.15, 0.2) is 0 Å². The van der Waals surface area contributed by atoms with Gasteiger partial charge in [-0.25, -0.2) is 4.68 Å². The molecule has 0 atom stereocenters. The van der Waals surface area contributed by atoms with Gasteiger partial charge in [-0.1, -0.05) is 18.5 Å². The number of rotatable bonds is 7. The first-order valence-corrected chi connectivity index (χ1v) is 7.46. The van der Waals surface area contributed by atoms with Crippen LogP contribution in [0.25, 0.3) is 0 Å². The molecule has 1 aromatic heterocycles. The molecule has 6 heteroatoms. The highest BCUT2D eigenvalue weighted by atomic mass is 35.5. The van der Waals surface area contributed by atoms with Crippen molar-refractivity contribution in [2.75, 3.05) is 23.9 Å². The summed E-state index contributed by atoms with van der Waals surface area (Å²) in [5, 5.41) is 7.45. The summed E-state index contributed by atoms with van der Waals surface area (Å²) in [6.45, 7) is 3.40. The van der Waals surface area contributed by atoms with E-state index in [1.165, 1.54) is 4.68 Å². The van der Waals surface area contributed by atoms with Gasteiger partial charge in [-0.05, 0) is 24.9 Å². The Morgan fingerprint density at radius 2 is 2.35 bits per heavy atom. The van der Waals surface area contributed by atoms with E-state index in [1.807, 2.05) is 6.92 Å². The zero-order valence-electron chi connectivity index (χ0n) is 10.2. The van der Waals surface area contributed by atoms with E-state index >= 15 is 0 Å². The summed E-state index contributed by atoms with van der Waals surface area (Å²) in [6.07, 6.45) is 5.60. The van der Waals surface area contributed by atoms with E-state index in [0.29, 0.717) is 12.2 Å². The predicted octanol–water partition coefficient (Wildman–Crippen LogP) is 2.47. The number of thioether (sulfide) groups is 1. The van der Waals surface area contributed by atoms with Crippen molar-refractivity contribution < 1.29 is 0 Å². The second-order valence-electron chi connectivity index (χ2n) is 3.67. The Morgan fingerprint density at radius 3 is 3.00 bits per heavy atom. The fourth-order valence-corrected chi connectivity index (χ4v) is 2.05. The molecule has 1 aromatic rings. The molecular weight excluding hydrogens is 258 g/mol. The van der Waals surface area contributed by atoms with Crippen molar-refractivity contribution in [2.45, 2.75) is 26.3 Å². The van der Waals surface area contributed by atoms with Gasteiger partial charge in [0, 0.05) is 13.1 Å². The number of nitrogens with zero attached hydrogens (tertiary/aromatic N) is 2. The van der Waals surface area contributed by atoms with E-state index in [4.69, 9.17) is 11.6 Å². The average molecular weight is 276 g/mol. The lowest BCUT2D eigenvalue weighted by Crippen LogP contribution is -2.24. The van der Waals surface area contributed by atoms with Gasteiger partial charge in [0.1, 0.15) is 5.02 Å².